The van der Waals surface area contributed by atoms with Gasteiger partial charge in [0.25, 0.3) is 0 Å². The van der Waals surface area contributed by atoms with Crippen LogP contribution in [0, 0.1) is 10.8 Å². The normalized spacial score (nSPS) is 14.2. The minimum absolute atomic E-state index is 0.0194. The van der Waals surface area contributed by atoms with Crippen molar-refractivity contribution in [3.05, 3.63) is 126 Å². The molecular formula is C46H60N6O6. The van der Waals surface area contributed by atoms with Crippen LogP contribution in [0.15, 0.2) is 109 Å². The molecule has 12 heteroatoms. The predicted octanol–water partition coefficient (Wildman–Crippen LogP) is 6.54. The van der Waals surface area contributed by atoms with Crippen LogP contribution in [-0.2, 0) is 29.0 Å². The highest BCUT2D eigenvalue weighted by atomic mass is 16.4. The summed E-state index contributed by atoms with van der Waals surface area (Å²) in [5, 5.41) is 31.1. The first-order chi connectivity index (χ1) is 27.3. The monoisotopic (exact) mass is 792 g/mol. The molecule has 310 valence electrons. The molecule has 0 saturated heterocycles. The van der Waals surface area contributed by atoms with Gasteiger partial charge in [-0.25, -0.2) is 9.59 Å². The lowest BCUT2D eigenvalue weighted by Gasteiger charge is -2.37. The Morgan fingerprint density at radius 2 is 1.24 bits per heavy atom. The van der Waals surface area contributed by atoms with E-state index in [-0.39, 0.29) is 12.8 Å². The number of urea groups is 1. The third kappa shape index (κ3) is 13.2. The van der Waals surface area contributed by atoms with E-state index in [1.807, 2.05) is 124 Å². The first kappa shape index (κ1) is 45.0. The van der Waals surface area contributed by atoms with E-state index in [4.69, 9.17) is 0 Å². The van der Waals surface area contributed by atoms with Crippen LogP contribution in [0.5, 0.6) is 0 Å². The topological polar surface area (TPSA) is 164 Å². The summed E-state index contributed by atoms with van der Waals surface area (Å²) >= 11 is 0. The number of carboxylic acid groups (broad SMARTS) is 1. The largest absolute Gasteiger partial charge is 0.465 e. The van der Waals surface area contributed by atoms with E-state index >= 15 is 0 Å². The van der Waals surface area contributed by atoms with Gasteiger partial charge in [0, 0.05) is 38.4 Å². The molecule has 3 aromatic carbocycles. The lowest BCUT2D eigenvalue weighted by molar-refractivity contribution is -0.130. The number of benzene rings is 3. The summed E-state index contributed by atoms with van der Waals surface area (Å²) in [5.74, 6) is -0.964. The maximum atomic E-state index is 14.3. The number of aromatic nitrogens is 1. The van der Waals surface area contributed by atoms with E-state index < -0.39 is 65.0 Å². The van der Waals surface area contributed by atoms with E-state index in [1.54, 1.807) is 34.0 Å². The van der Waals surface area contributed by atoms with Crippen molar-refractivity contribution in [3.8, 4) is 11.3 Å². The zero-order valence-electron chi connectivity index (χ0n) is 35.0. The van der Waals surface area contributed by atoms with Crippen molar-refractivity contribution in [2.45, 2.75) is 97.6 Å². The summed E-state index contributed by atoms with van der Waals surface area (Å²) in [5.41, 5.74) is 2.95. The summed E-state index contributed by atoms with van der Waals surface area (Å²) in [6.07, 6.45) is -0.106. The Morgan fingerprint density at radius 1 is 0.672 bits per heavy atom. The van der Waals surface area contributed by atoms with E-state index in [0.29, 0.717) is 13.0 Å². The highest BCUT2D eigenvalue weighted by Gasteiger charge is 2.39. The summed E-state index contributed by atoms with van der Waals surface area (Å²) < 4.78 is 0. The van der Waals surface area contributed by atoms with E-state index in [2.05, 4.69) is 20.9 Å². The van der Waals surface area contributed by atoms with Crippen LogP contribution in [0.2, 0.25) is 0 Å². The van der Waals surface area contributed by atoms with Crippen LogP contribution >= 0.6 is 0 Å². The number of pyridine rings is 1. The summed E-state index contributed by atoms with van der Waals surface area (Å²) in [6, 6.07) is 28.5. The van der Waals surface area contributed by atoms with Crippen molar-refractivity contribution in [1.82, 2.24) is 30.7 Å². The quantitative estimate of drug-likeness (QED) is 0.0861. The zero-order chi connectivity index (χ0) is 42.6. The van der Waals surface area contributed by atoms with Gasteiger partial charge in [-0.1, -0.05) is 133 Å². The number of rotatable bonds is 16. The minimum Gasteiger partial charge on any atom is -0.465 e. The number of amides is 5. The molecule has 0 bridgehead atoms. The molecule has 0 saturated carbocycles. The number of hydrogen-bond acceptors (Lipinski definition) is 6. The molecule has 0 spiro atoms. The molecule has 5 amide bonds. The Labute approximate surface area is 343 Å². The third-order valence-corrected chi connectivity index (χ3v) is 10.1. The van der Waals surface area contributed by atoms with Gasteiger partial charge in [0.05, 0.1) is 17.8 Å². The average Bonchev–Trinajstić information content (AvgIpc) is 3.16. The second-order valence-electron chi connectivity index (χ2n) is 17.2. The fraction of sp³-hybridized carbons (Fsp3) is 0.413. The van der Waals surface area contributed by atoms with Gasteiger partial charge in [-0.15, -0.1) is 0 Å². The smallest absolute Gasteiger partial charge is 0.407 e. The summed E-state index contributed by atoms with van der Waals surface area (Å²) in [7, 11) is 3.04. The van der Waals surface area contributed by atoms with Gasteiger partial charge in [-0.3, -0.25) is 19.5 Å². The van der Waals surface area contributed by atoms with Gasteiger partial charge in [-0.05, 0) is 58.9 Å². The second kappa shape index (κ2) is 20.1. The van der Waals surface area contributed by atoms with Gasteiger partial charge in [0.2, 0.25) is 11.8 Å². The predicted molar refractivity (Wildman–Crippen MR) is 227 cm³/mol. The number of nitrogens with one attached hydrogen (secondary N) is 3. The lowest BCUT2D eigenvalue weighted by atomic mass is 9.84. The average molecular weight is 793 g/mol. The third-order valence-electron chi connectivity index (χ3n) is 10.1. The van der Waals surface area contributed by atoms with Crippen molar-refractivity contribution in [2.24, 2.45) is 10.8 Å². The first-order valence-corrected chi connectivity index (χ1v) is 19.7. The molecule has 58 heavy (non-hydrogen) atoms. The van der Waals surface area contributed by atoms with Crippen molar-refractivity contribution in [1.29, 1.82) is 0 Å². The SMILES string of the molecule is CN(Cc1ccccc1)C(=O)N[C@H](C(=O)N[C@@H](Cc1ccccc1)[C@@H](O)C[C@H](Cc1ccc(-c2ccccn2)cc1)NC(=O)[C@@H](N(C)C(=O)O)C(C)(C)C)C(C)(C)C. The highest BCUT2D eigenvalue weighted by molar-refractivity contribution is 5.88. The summed E-state index contributed by atoms with van der Waals surface area (Å²) in [6.45, 7) is 11.3. The number of likely N-dealkylation sites (N-methyl/N-ethyl adjacent to an activating group) is 1. The number of aliphatic hydroxyl groups excluding tert-OH is 1. The molecule has 12 nitrogen and oxygen atoms in total. The molecule has 0 unspecified atom stereocenters. The van der Waals surface area contributed by atoms with Gasteiger partial charge in [0.15, 0.2) is 0 Å². The van der Waals surface area contributed by atoms with Gasteiger partial charge in [-0.2, -0.15) is 0 Å². The molecule has 0 fully saturated rings. The van der Waals surface area contributed by atoms with Crippen molar-refractivity contribution in [2.75, 3.05) is 14.1 Å². The first-order valence-electron chi connectivity index (χ1n) is 19.7. The van der Waals surface area contributed by atoms with Crippen LogP contribution < -0.4 is 16.0 Å². The molecule has 5 N–H and O–H groups in total. The Morgan fingerprint density at radius 3 is 1.78 bits per heavy atom. The molecule has 0 aliphatic carbocycles. The molecule has 5 atom stereocenters. The maximum absolute atomic E-state index is 14.3. The molecule has 1 aromatic heterocycles. The standard InChI is InChI=1S/C46H60N6O6/c1-45(2,3)39(50-43(56)51(7)30-33-19-13-10-14-20-33)41(54)49-37(28-31-17-11-9-12-18-31)38(53)29-35(48-42(55)40(46(4,5)6)52(8)44(57)58)27-32-22-24-34(25-23-32)36-21-15-16-26-47-36/h9-26,35,37-40,53H,27-30H2,1-8H3,(H,48,55)(H,49,54)(H,50,56)(H,57,58)/t35-,37-,38-,39+,40+/m0/s1. The molecule has 4 aromatic rings. The molecular weight excluding hydrogens is 733 g/mol. The van der Waals surface area contributed by atoms with E-state index in [0.717, 1.165) is 32.8 Å². The summed E-state index contributed by atoms with van der Waals surface area (Å²) in [4.78, 5) is 60.8. The van der Waals surface area contributed by atoms with Crippen LogP contribution in [-0.4, -0.2) is 93.3 Å². The Bertz CT molecular complexity index is 1930. The lowest BCUT2D eigenvalue weighted by Crippen LogP contribution is -2.59. The Kier molecular flexibility index (Phi) is 15.6. The van der Waals surface area contributed by atoms with Crippen molar-refractivity contribution >= 4 is 23.9 Å². The van der Waals surface area contributed by atoms with E-state index in [1.165, 1.54) is 11.9 Å². The number of carbonyl (C=O) groups excluding carboxylic acids is 3. The number of carbonyl (C=O) groups is 4. The molecule has 0 radical (unpaired) electrons. The van der Waals surface area contributed by atoms with Crippen molar-refractivity contribution < 1.29 is 29.4 Å². The number of hydrogen-bond donors (Lipinski definition) is 5. The molecule has 1 heterocycles. The molecule has 0 aliphatic rings. The maximum Gasteiger partial charge on any atom is 0.407 e. The minimum atomic E-state index is -1.24. The van der Waals surface area contributed by atoms with Crippen LogP contribution in [0.3, 0.4) is 0 Å². The van der Waals surface area contributed by atoms with Gasteiger partial charge >= 0.3 is 12.1 Å². The fourth-order valence-corrected chi connectivity index (χ4v) is 7.07. The van der Waals surface area contributed by atoms with Gasteiger partial charge < -0.3 is 31.1 Å². The highest BCUT2D eigenvalue weighted by Crippen LogP contribution is 2.26. The van der Waals surface area contributed by atoms with E-state index in [9.17, 15) is 29.4 Å². The molecule has 4 rings (SSSR count). The number of aliphatic hydroxyl groups is 1. The van der Waals surface area contributed by atoms with Crippen LogP contribution in [0.25, 0.3) is 11.3 Å². The fourth-order valence-electron chi connectivity index (χ4n) is 7.07. The van der Waals surface area contributed by atoms with Crippen LogP contribution in [0.4, 0.5) is 9.59 Å². The Balaban J connectivity index is 1.63. The van der Waals surface area contributed by atoms with Gasteiger partial charge in [0.1, 0.15) is 12.1 Å². The Hall–Kier alpha value is -5.75. The number of nitrogens with zero attached hydrogens (tertiary/aromatic N) is 3. The molecule has 0 aliphatic heterocycles. The van der Waals surface area contributed by atoms with Crippen LogP contribution in [0.1, 0.15) is 64.7 Å². The van der Waals surface area contributed by atoms with Crippen molar-refractivity contribution in [3.63, 3.8) is 0 Å². The zero-order valence-corrected chi connectivity index (χ0v) is 35.0. The second-order valence-corrected chi connectivity index (χ2v) is 17.2.